The third-order valence-electron chi connectivity index (χ3n) is 9.07. The molecule has 8 rings (SSSR count). The molecule has 4 nitrogen and oxygen atoms in total. The van der Waals surface area contributed by atoms with Crippen molar-refractivity contribution >= 4 is 44.7 Å². The highest BCUT2D eigenvalue weighted by Gasteiger charge is 2.37. The van der Waals surface area contributed by atoms with Crippen LogP contribution < -0.4 is 10.3 Å². The average molecular weight is 581 g/mol. The molecular weight excluding hydrogens is 552 g/mol. The van der Waals surface area contributed by atoms with Crippen molar-refractivity contribution in [2.24, 2.45) is 0 Å². The van der Waals surface area contributed by atoms with E-state index >= 15 is 0 Å². The maximum absolute atomic E-state index is 13.9. The van der Waals surface area contributed by atoms with E-state index in [2.05, 4.69) is 90.3 Å². The molecule has 1 aromatic heterocycles. The molecule has 1 heterocycles. The van der Waals surface area contributed by atoms with E-state index in [0.29, 0.717) is 27.6 Å². The summed E-state index contributed by atoms with van der Waals surface area (Å²) in [6, 6.07) is 44.6. The van der Waals surface area contributed by atoms with Crippen LogP contribution in [0.1, 0.15) is 25.0 Å². The van der Waals surface area contributed by atoms with E-state index in [1.807, 2.05) is 60.7 Å². The summed E-state index contributed by atoms with van der Waals surface area (Å²) in [7, 11) is 0. The summed E-state index contributed by atoms with van der Waals surface area (Å²) in [5.41, 5.74) is 10.7. The van der Waals surface area contributed by atoms with Crippen LogP contribution in [0.3, 0.4) is 0 Å². The number of fused-ring (bicyclic) bond motifs is 5. The number of nitrogens with zero attached hydrogens (tertiary/aromatic N) is 2. The number of hydrogen-bond acceptors (Lipinski definition) is 3. The lowest BCUT2D eigenvalue weighted by molar-refractivity contribution is 0.652. The Morgan fingerprint density at radius 3 is 1.96 bits per heavy atom. The molecule has 0 atom stereocenters. The maximum Gasteiger partial charge on any atom is 0.200 e. The second-order valence-corrected chi connectivity index (χ2v) is 12.0. The van der Waals surface area contributed by atoms with Gasteiger partial charge < -0.3 is 9.32 Å². The van der Waals surface area contributed by atoms with Crippen LogP contribution in [-0.4, -0.2) is 0 Å². The van der Waals surface area contributed by atoms with Crippen molar-refractivity contribution in [3.8, 4) is 22.3 Å². The molecule has 45 heavy (non-hydrogen) atoms. The van der Waals surface area contributed by atoms with Gasteiger partial charge in [0.2, 0.25) is 5.43 Å². The van der Waals surface area contributed by atoms with Crippen LogP contribution in [0.2, 0.25) is 0 Å². The van der Waals surface area contributed by atoms with Crippen molar-refractivity contribution in [3.63, 3.8) is 0 Å². The van der Waals surface area contributed by atoms with E-state index in [-0.39, 0.29) is 10.8 Å². The summed E-state index contributed by atoms with van der Waals surface area (Å²) in [5, 5.41) is 1.11. The number of benzene rings is 6. The Morgan fingerprint density at radius 2 is 1.24 bits per heavy atom. The van der Waals surface area contributed by atoms with E-state index in [1.165, 1.54) is 5.56 Å². The Labute approximate surface area is 261 Å². The lowest BCUT2D eigenvalue weighted by Crippen LogP contribution is -2.17. The van der Waals surface area contributed by atoms with Crippen molar-refractivity contribution in [2.75, 3.05) is 4.90 Å². The second kappa shape index (κ2) is 10.1. The molecule has 214 valence electrons. The van der Waals surface area contributed by atoms with Crippen LogP contribution in [0.4, 0.5) is 22.7 Å². The van der Waals surface area contributed by atoms with Gasteiger partial charge in [-0.3, -0.25) is 4.79 Å². The zero-order chi connectivity index (χ0) is 30.7. The quantitative estimate of drug-likeness (QED) is 0.154. The second-order valence-electron chi connectivity index (χ2n) is 12.0. The standard InChI is InChI=1S/C41H28N2O2/c1-41(2)35-23-29(43(27-12-6-4-7-13-27)28-14-8-5-9-15-28)19-21-31(35)33-25-39-34(24-36(33)41)40(44)32-20-18-26(22-38(32)45-39)30-16-10-11-17-37(30)42-3/h4-25H,1-2H3. The first-order valence-corrected chi connectivity index (χ1v) is 15.0. The first kappa shape index (κ1) is 26.7. The minimum Gasteiger partial charge on any atom is -0.456 e. The third-order valence-corrected chi connectivity index (χ3v) is 9.07. The van der Waals surface area contributed by atoms with Crippen LogP contribution in [0.15, 0.2) is 143 Å². The number of rotatable bonds is 4. The molecule has 0 saturated carbocycles. The van der Waals surface area contributed by atoms with Crippen molar-refractivity contribution in [3.05, 3.63) is 166 Å². The molecule has 0 bridgehead atoms. The Morgan fingerprint density at radius 1 is 0.600 bits per heavy atom. The predicted octanol–water partition coefficient (Wildman–Crippen LogP) is 10.9. The van der Waals surface area contributed by atoms with Crippen molar-refractivity contribution < 1.29 is 4.42 Å². The Balaban J connectivity index is 1.29. The molecule has 6 aromatic carbocycles. The van der Waals surface area contributed by atoms with Gasteiger partial charge in [-0.1, -0.05) is 86.6 Å². The van der Waals surface area contributed by atoms with E-state index < -0.39 is 0 Å². The number of hydrogen-bond donors (Lipinski definition) is 0. The Hall–Kier alpha value is -5.92. The zero-order valence-electron chi connectivity index (χ0n) is 24.9. The highest BCUT2D eigenvalue weighted by molar-refractivity contribution is 5.97. The molecule has 0 saturated heterocycles. The van der Waals surface area contributed by atoms with Crippen LogP contribution in [0.25, 0.3) is 49.0 Å². The monoisotopic (exact) mass is 580 g/mol. The minimum atomic E-state index is -0.331. The fraction of sp³-hybridized carbons (Fsp3) is 0.0732. The molecule has 7 aromatic rings. The fourth-order valence-electron chi connectivity index (χ4n) is 6.79. The van der Waals surface area contributed by atoms with Gasteiger partial charge >= 0.3 is 0 Å². The SMILES string of the molecule is [C-]#[N+]c1ccccc1-c1ccc2c(=O)c3cc4c(cc3oc2c1)-c1ccc(N(c2ccccc2)c2ccccc2)cc1C4(C)C. The van der Waals surface area contributed by atoms with Gasteiger partial charge in [-0.25, -0.2) is 4.85 Å². The molecule has 4 heteroatoms. The summed E-state index contributed by atoms with van der Waals surface area (Å²) in [4.78, 5) is 19.8. The van der Waals surface area contributed by atoms with Gasteiger partial charge in [-0.2, -0.15) is 0 Å². The largest absolute Gasteiger partial charge is 0.456 e. The van der Waals surface area contributed by atoms with E-state index in [0.717, 1.165) is 44.9 Å². The Bertz CT molecular complexity index is 2340. The van der Waals surface area contributed by atoms with E-state index in [4.69, 9.17) is 11.0 Å². The molecule has 0 spiro atoms. The van der Waals surface area contributed by atoms with Crippen molar-refractivity contribution in [1.29, 1.82) is 0 Å². The highest BCUT2D eigenvalue weighted by atomic mass is 16.3. The lowest BCUT2D eigenvalue weighted by atomic mass is 9.82. The van der Waals surface area contributed by atoms with Gasteiger partial charge in [0.1, 0.15) is 11.2 Å². The lowest BCUT2D eigenvalue weighted by Gasteiger charge is -2.28. The summed E-state index contributed by atoms with van der Waals surface area (Å²) in [6.07, 6.45) is 0. The predicted molar refractivity (Wildman–Crippen MR) is 184 cm³/mol. The summed E-state index contributed by atoms with van der Waals surface area (Å²) in [5.74, 6) is 0. The molecule has 0 amide bonds. The van der Waals surface area contributed by atoms with Gasteiger partial charge in [0.05, 0.1) is 17.3 Å². The number of para-hydroxylation sites is 3. The first-order valence-electron chi connectivity index (χ1n) is 15.0. The molecule has 0 unspecified atom stereocenters. The summed E-state index contributed by atoms with van der Waals surface area (Å²) >= 11 is 0. The average Bonchev–Trinajstić information content (AvgIpc) is 3.30. The third kappa shape index (κ3) is 4.17. The van der Waals surface area contributed by atoms with Crippen molar-refractivity contribution in [2.45, 2.75) is 19.3 Å². The first-order chi connectivity index (χ1) is 21.9. The number of anilines is 3. The van der Waals surface area contributed by atoms with E-state index in [9.17, 15) is 4.79 Å². The molecule has 0 aliphatic heterocycles. The Kier molecular flexibility index (Phi) is 5.98. The summed E-state index contributed by atoms with van der Waals surface area (Å²) in [6.45, 7) is 12.0. The van der Waals surface area contributed by atoms with Gasteiger partial charge in [-0.15, -0.1) is 0 Å². The molecular formula is C41H28N2O2. The molecule has 0 radical (unpaired) electrons. The van der Waals surface area contributed by atoms with Crippen LogP contribution >= 0.6 is 0 Å². The molecule has 1 aliphatic carbocycles. The van der Waals surface area contributed by atoms with Crippen LogP contribution in [-0.2, 0) is 5.41 Å². The highest BCUT2D eigenvalue weighted by Crippen LogP contribution is 2.51. The van der Waals surface area contributed by atoms with Crippen LogP contribution in [0.5, 0.6) is 0 Å². The zero-order valence-corrected chi connectivity index (χ0v) is 24.9. The fourth-order valence-corrected chi connectivity index (χ4v) is 6.79. The van der Waals surface area contributed by atoms with Gasteiger partial charge in [0.25, 0.3) is 0 Å². The normalized spacial score (nSPS) is 12.9. The smallest absolute Gasteiger partial charge is 0.200 e. The minimum absolute atomic E-state index is 0.0501. The van der Waals surface area contributed by atoms with Crippen molar-refractivity contribution in [1.82, 2.24) is 0 Å². The van der Waals surface area contributed by atoms with Crippen LogP contribution in [0, 0.1) is 6.57 Å². The van der Waals surface area contributed by atoms with E-state index in [1.54, 1.807) is 6.07 Å². The topological polar surface area (TPSA) is 37.8 Å². The van der Waals surface area contributed by atoms with Gasteiger partial charge in [-0.05, 0) is 94.0 Å². The van der Waals surface area contributed by atoms with Gasteiger partial charge in [0, 0.05) is 22.5 Å². The molecule has 0 N–H and O–H groups in total. The molecule has 0 fully saturated rings. The maximum atomic E-state index is 13.9. The van der Waals surface area contributed by atoms with Gasteiger partial charge in [0.15, 0.2) is 5.69 Å². The summed E-state index contributed by atoms with van der Waals surface area (Å²) < 4.78 is 6.46. The molecule has 1 aliphatic rings.